The van der Waals surface area contributed by atoms with Crippen LogP contribution in [0.2, 0.25) is 0 Å². The summed E-state index contributed by atoms with van der Waals surface area (Å²) in [6.45, 7) is 2.15. The molecule has 5 aromatic carbocycles. The largest absolute Gasteiger partial charge is 0.309 e. The smallest absolute Gasteiger partial charge is 0.0547 e. The van der Waals surface area contributed by atoms with Gasteiger partial charge in [0, 0.05) is 16.5 Å². The molecule has 0 radical (unpaired) electrons. The van der Waals surface area contributed by atoms with Crippen molar-refractivity contribution in [1.82, 2.24) is 4.57 Å². The lowest BCUT2D eigenvalue weighted by molar-refractivity contribution is 1.17. The second-order valence-electron chi connectivity index (χ2n) is 7.57. The lowest BCUT2D eigenvalue weighted by atomic mass is 10.00. The van der Waals surface area contributed by atoms with Crippen LogP contribution < -0.4 is 0 Å². The summed E-state index contributed by atoms with van der Waals surface area (Å²) < 4.78 is 2.40. The molecule has 0 aliphatic rings. The third-order valence-corrected chi connectivity index (χ3v) is 5.80. The molecule has 6 rings (SSSR count). The summed E-state index contributed by atoms with van der Waals surface area (Å²) in [7, 11) is 0. The van der Waals surface area contributed by atoms with E-state index in [0.717, 1.165) is 0 Å². The van der Waals surface area contributed by atoms with Crippen LogP contribution in [-0.4, -0.2) is 4.57 Å². The Hall–Kier alpha value is -3.58. The van der Waals surface area contributed by atoms with Crippen LogP contribution in [0.4, 0.5) is 0 Å². The van der Waals surface area contributed by atoms with Gasteiger partial charge in [-0.05, 0) is 64.4 Å². The SMILES string of the molecule is Cc1cccc(-n2c3ccccc3c3cc4c(ccc5ccccc54)cc32)c1. The first-order chi connectivity index (χ1) is 13.8. The van der Waals surface area contributed by atoms with E-state index in [2.05, 4.69) is 109 Å². The van der Waals surface area contributed by atoms with E-state index in [1.54, 1.807) is 0 Å². The van der Waals surface area contributed by atoms with Crippen LogP contribution in [0.15, 0.2) is 97.1 Å². The minimum absolute atomic E-state index is 1.21. The predicted molar refractivity (Wildman–Crippen MR) is 121 cm³/mol. The van der Waals surface area contributed by atoms with Crippen LogP contribution in [0.5, 0.6) is 0 Å². The Morgan fingerprint density at radius 1 is 0.500 bits per heavy atom. The van der Waals surface area contributed by atoms with E-state index in [-0.39, 0.29) is 0 Å². The first-order valence-electron chi connectivity index (χ1n) is 9.71. The Labute approximate surface area is 163 Å². The predicted octanol–water partition coefficient (Wildman–Crippen LogP) is 7.40. The summed E-state index contributed by atoms with van der Waals surface area (Å²) in [6, 6.07) is 35.3. The summed E-state index contributed by atoms with van der Waals surface area (Å²) in [4.78, 5) is 0. The van der Waals surface area contributed by atoms with Gasteiger partial charge in [0.15, 0.2) is 0 Å². The monoisotopic (exact) mass is 357 g/mol. The molecule has 28 heavy (non-hydrogen) atoms. The maximum absolute atomic E-state index is 2.40. The van der Waals surface area contributed by atoms with E-state index in [1.807, 2.05) is 0 Å². The van der Waals surface area contributed by atoms with Gasteiger partial charge in [0.2, 0.25) is 0 Å². The quantitative estimate of drug-likeness (QED) is 0.270. The first kappa shape index (κ1) is 15.5. The molecule has 0 spiro atoms. The van der Waals surface area contributed by atoms with E-state index < -0.39 is 0 Å². The third-order valence-electron chi connectivity index (χ3n) is 5.80. The van der Waals surface area contributed by atoms with E-state index in [0.29, 0.717) is 0 Å². The zero-order valence-electron chi connectivity index (χ0n) is 15.7. The number of hydrogen-bond acceptors (Lipinski definition) is 0. The van der Waals surface area contributed by atoms with Crippen LogP contribution in [0.3, 0.4) is 0 Å². The Kier molecular flexibility index (Phi) is 3.15. The molecule has 0 N–H and O–H groups in total. The van der Waals surface area contributed by atoms with Gasteiger partial charge in [0.25, 0.3) is 0 Å². The molecule has 0 amide bonds. The van der Waals surface area contributed by atoms with Gasteiger partial charge in [-0.2, -0.15) is 0 Å². The molecular weight excluding hydrogens is 338 g/mol. The van der Waals surface area contributed by atoms with E-state index in [9.17, 15) is 0 Å². The summed E-state index contributed by atoms with van der Waals surface area (Å²) in [5, 5.41) is 7.81. The molecule has 0 bridgehead atoms. The average Bonchev–Trinajstić information content (AvgIpc) is 3.05. The zero-order chi connectivity index (χ0) is 18.7. The van der Waals surface area contributed by atoms with E-state index in [4.69, 9.17) is 0 Å². The standard InChI is InChI=1S/C27H19N/c1-18-7-6-9-21(15-18)28-26-12-5-4-11-23(26)25-17-24-20(16-27(25)28)14-13-19-8-2-3-10-22(19)24/h2-17H,1H3. The lowest BCUT2D eigenvalue weighted by Gasteiger charge is -2.10. The second-order valence-corrected chi connectivity index (χ2v) is 7.57. The highest BCUT2D eigenvalue weighted by Gasteiger charge is 2.13. The highest BCUT2D eigenvalue weighted by molar-refractivity contribution is 6.18. The van der Waals surface area contributed by atoms with Crippen LogP contribution in [0.1, 0.15) is 5.56 Å². The summed E-state index contributed by atoms with van der Waals surface area (Å²) in [6.07, 6.45) is 0. The summed E-state index contributed by atoms with van der Waals surface area (Å²) in [5.74, 6) is 0. The number of para-hydroxylation sites is 1. The number of benzene rings is 5. The highest BCUT2D eigenvalue weighted by atomic mass is 15.0. The van der Waals surface area contributed by atoms with Gasteiger partial charge in [-0.25, -0.2) is 0 Å². The van der Waals surface area contributed by atoms with Crippen molar-refractivity contribution in [1.29, 1.82) is 0 Å². The van der Waals surface area contributed by atoms with Gasteiger partial charge in [-0.1, -0.05) is 66.7 Å². The molecule has 0 atom stereocenters. The maximum Gasteiger partial charge on any atom is 0.0547 e. The summed E-state index contributed by atoms with van der Waals surface area (Å²) >= 11 is 0. The topological polar surface area (TPSA) is 4.93 Å². The summed E-state index contributed by atoms with van der Waals surface area (Å²) in [5.41, 5.74) is 5.00. The van der Waals surface area contributed by atoms with Gasteiger partial charge < -0.3 is 4.57 Å². The minimum atomic E-state index is 1.21. The van der Waals surface area contributed by atoms with Crippen molar-refractivity contribution in [3.05, 3.63) is 103 Å². The fraction of sp³-hybridized carbons (Fsp3) is 0.0370. The van der Waals surface area contributed by atoms with Crippen molar-refractivity contribution in [3.63, 3.8) is 0 Å². The van der Waals surface area contributed by atoms with Crippen LogP contribution in [0, 0.1) is 6.92 Å². The van der Waals surface area contributed by atoms with Crippen molar-refractivity contribution >= 4 is 43.4 Å². The van der Waals surface area contributed by atoms with E-state index in [1.165, 1.54) is 54.6 Å². The Bertz CT molecular complexity index is 1520. The number of nitrogens with zero attached hydrogens (tertiary/aromatic N) is 1. The van der Waals surface area contributed by atoms with Crippen LogP contribution in [0.25, 0.3) is 49.0 Å². The number of aryl methyl sites for hydroxylation is 1. The molecule has 0 fully saturated rings. The first-order valence-corrected chi connectivity index (χ1v) is 9.71. The maximum atomic E-state index is 2.40. The van der Waals surface area contributed by atoms with Crippen molar-refractivity contribution in [3.8, 4) is 5.69 Å². The van der Waals surface area contributed by atoms with Crippen LogP contribution in [-0.2, 0) is 0 Å². The highest BCUT2D eigenvalue weighted by Crippen LogP contribution is 2.36. The third kappa shape index (κ3) is 2.13. The Morgan fingerprint density at radius 2 is 1.29 bits per heavy atom. The van der Waals surface area contributed by atoms with Gasteiger partial charge in [0.05, 0.1) is 11.0 Å². The lowest BCUT2D eigenvalue weighted by Crippen LogP contribution is -1.94. The number of rotatable bonds is 1. The Morgan fingerprint density at radius 3 is 2.18 bits per heavy atom. The molecule has 0 aliphatic heterocycles. The fourth-order valence-corrected chi connectivity index (χ4v) is 4.51. The molecule has 132 valence electrons. The van der Waals surface area contributed by atoms with Gasteiger partial charge in [-0.15, -0.1) is 0 Å². The molecule has 1 heteroatoms. The number of hydrogen-bond donors (Lipinski definition) is 0. The van der Waals surface area contributed by atoms with Gasteiger partial charge in [-0.3, -0.25) is 0 Å². The van der Waals surface area contributed by atoms with Crippen molar-refractivity contribution in [2.24, 2.45) is 0 Å². The molecular formula is C27H19N. The van der Waals surface area contributed by atoms with E-state index >= 15 is 0 Å². The molecule has 6 aromatic rings. The molecule has 1 heterocycles. The molecule has 0 aliphatic carbocycles. The normalized spacial score (nSPS) is 11.8. The average molecular weight is 357 g/mol. The number of aromatic nitrogens is 1. The molecule has 1 aromatic heterocycles. The second kappa shape index (κ2) is 5.71. The minimum Gasteiger partial charge on any atom is -0.309 e. The fourth-order valence-electron chi connectivity index (χ4n) is 4.51. The molecule has 0 saturated carbocycles. The zero-order valence-corrected chi connectivity index (χ0v) is 15.7. The van der Waals surface area contributed by atoms with Crippen molar-refractivity contribution in [2.75, 3.05) is 0 Å². The molecule has 1 nitrogen and oxygen atoms in total. The Balaban J connectivity index is 1.83. The molecule has 0 saturated heterocycles. The van der Waals surface area contributed by atoms with Crippen molar-refractivity contribution in [2.45, 2.75) is 6.92 Å². The number of fused-ring (bicyclic) bond motifs is 6. The molecule has 0 unspecified atom stereocenters. The van der Waals surface area contributed by atoms with Crippen molar-refractivity contribution < 1.29 is 0 Å². The van der Waals surface area contributed by atoms with Gasteiger partial charge in [0.1, 0.15) is 0 Å². The van der Waals surface area contributed by atoms with Crippen LogP contribution >= 0.6 is 0 Å². The van der Waals surface area contributed by atoms with Gasteiger partial charge >= 0.3 is 0 Å².